The van der Waals surface area contributed by atoms with Gasteiger partial charge in [-0.15, -0.1) is 0 Å². The van der Waals surface area contributed by atoms with Crippen molar-refractivity contribution in [1.29, 1.82) is 0 Å². The lowest BCUT2D eigenvalue weighted by Crippen LogP contribution is -2.10. The first-order valence-electron chi connectivity index (χ1n) is 4.46. The molecule has 2 heteroatoms. The molecule has 0 aromatic carbocycles. The van der Waals surface area contributed by atoms with Crippen LogP contribution in [-0.2, 0) is 9.53 Å². The third-order valence-corrected chi connectivity index (χ3v) is 1.63. The lowest BCUT2D eigenvalue weighted by molar-refractivity contribution is -0.145. The van der Waals surface area contributed by atoms with Crippen molar-refractivity contribution >= 4 is 5.97 Å². The summed E-state index contributed by atoms with van der Waals surface area (Å²) in [6, 6.07) is 0. The normalized spacial score (nSPS) is 17.0. The minimum absolute atomic E-state index is 0.137. The summed E-state index contributed by atoms with van der Waals surface area (Å²) in [4.78, 5) is 10.4. The Hall–Kier alpha value is -0.530. The number of hydrogen-bond donors (Lipinski definition) is 0. The van der Waals surface area contributed by atoms with Crippen LogP contribution in [-0.4, -0.2) is 12.1 Å². The van der Waals surface area contributed by atoms with Crippen LogP contribution in [0.4, 0.5) is 0 Å². The first-order valence-corrected chi connectivity index (χ1v) is 4.46. The predicted molar refractivity (Wildman–Crippen MR) is 45.4 cm³/mol. The minimum atomic E-state index is -0.137. The maximum atomic E-state index is 10.4. The molecule has 1 rings (SSSR count). The molecule has 1 aliphatic carbocycles. The van der Waals surface area contributed by atoms with Crippen molar-refractivity contribution in [3.63, 3.8) is 0 Å². The van der Waals surface area contributed by atoms with Gasteiger partial charge in [-0.3, -0.25) is 4.79 Å². The molecule has 0 saturated heterocycles. The third kappa shape index (κ3) is 4.82. The first kappa shape index (κ1) is 10.5. The summed E-state index contributed by atoms with van der Waals surface area (Å²) in [6.45, 7) is 5.47. The zero-order valence-corrected chi connectivity index (χ0v) is 7.72. The molecule has 66 valence electrons. The van der Waals surface area contributed by atoms with Crippen molar-refractivity contribution in [3.8, 4) is 0 Å². The fourth-order valence-electron chi connectivity index (χ4n) is 1.24. The Morgan fingerprint density at radius 3 is 2.09 bits per heavy atom. The van der Waals surface area contributed by atoms with Crippen LogP contribution in [0.25, 0.3) is 0 Å². The van der Waals surface area contributed by atoms with Gasteiger partial charge in [-0.2, -0.15) is 0 Å². The van der Waals surface area contributed by atoms with E-state index in [4.69, 9.17) is 4.74 Å². The van der Waals surface area contributed by atoms with Crippen LogP contribution in [0.5, 0.6) is 0 Å². The van der Waals surface area contributed by atoms with E-state index in [9.17, 15) is 4.79 Å². The van der Waals surface area contributed by atoms with Crippen LogP contribution in [0.15, 0.2) is 0 Å². The van der Waals surface area contributed by atoms with E-state index < -0.39 is 0 Å². The highest BCUT2D eigenvalue weighted by Crippen LogP contribution is 2.20. The number of rotatable bonds is 1. The summed E-state index contributed by atoms with van der Waals surface area (Å²) >= 11 is 0. The van der Waals surface area contributed by atoms with E-state index in [1.807, 2.05) is 13.8 Å². The highest BCUT2D eigenvalue weighted by Gasteiger charge is 2.16. The first-order chi connectivity index (χ1) is 5.29. The molecule has 0 aliphatic heterocycles. The summed E-state index contributed by atoms with van der Waals surface area (Å²) in [6.07, 6.45) is 4.82. The standard InChI is InChI=1S/C7H12O2.C2H6/c1-6(8)9-7-4-2-3-5-7;1-2/h7H,2-5H2,1H3;1-2H3. The van der Waals surface area contributed by atoms with Crippen molar-refractivity contribution in [1.82, 2.24) is 0 Å². The van der Waals surface area contributed by atoms with Crippen LogP contribution in [0.1, 0.15) is 46.5 Å². The summed E-state index contributed by atoms with van der Waals surface area (Å²) < 4.78 is 4.97. The maximum Gasteiger partial charge on any atom is 0.302 e. The van der Waals surface area contributed by atoms with Gasteiger partial charge in [0.25, 0.3) is 0 Å². The Balaban J connectivity index is 0.000000461. The fraction of sp³-hybridized carbons (Fsp3) is 0.889. The van der Waals surface area contributed by atoms with E-state index >= 15 is 0 Å². The molecule has 0 amide bonds. The van der Waals surface area contributed by atoms with Gasteiger partial charge in [-0.25, -0.2) is 0 Å². The number of carbonyl (C=O) groups is 1. The molecule has 0 atom stereocenters. The monoisotopic (exact) mass is 158 g/mol. The van der Waals surface area contributed by atoms with Crippen molar-refractivity contribution in [2.45, 2.75) is 52.6 Å². The van der Waals surface area contributed by atoms with Crippen molar-refractivity contribution in [2.24, 2.45) is 0 Å². The highest BCUT2D eigenvalue weighted by molar-refractivity contribution is 5.66. The SMILES string of the molecule is CC.CC(=O)OC1CCCC1. The van der Waals surface area contributed by atoms with Crippen LogP contribution >= 0.6 is 0 Å². The molecule has 0 spiro atoms. The van der Waals surface area contributed by atoms with E-state index in [0.717, 1.165) is 12.8 Å². The Morgan fingerprint density at radius 2 is 1.73 bits per heavy atom. The topological polar surface area (TPSA) is 26.3 Å². The second kappa shape index (κ2) is 6.20. The fourth-order valence-corrected chi connectivity index (χ4v) is 1.24. The predicted octanol–water partition coefficient (Wildman–Crippen LogP) is 2.52. The van der Waals surface area contributed by atoms with Gasteiger partial charge in [0.15, 0.2) is 0 Å². The van der Waals surface area contributed by atoms with Gasteiger partial charge < -0.3 is 4.74 Å². The second-order valence-electron chi connectivity index (χ2n) is 2.52. The maximum absolute atomic E-state index is 10.4. The zero-order chi connectivity index (χ0) is 8.69. The molecule has 2 nitrogen and oxygen atoms in total. The van der Waals surface area contributed by atoms with Crippen molar-refractivity contribution < 1.29 is 9.53 Å². The van der Waals surface area contributed by atoms with E-state index in [2.05, 4.69) is 0 Å². The van der Waals surface area contributed by atoms with Gasteiger partial charge >= 0.3 is 5.97 Å². The molecule has 1 aliphatic rings. The summed E-state index contributed by atoms with van der Waals surface area (Å²) in [7, 11) is 0. The lowest BCUT2D eigenvalue weighted by atomic mass is 10.3. The molecule has 0 aromatic heterocycles. The molecular weight excluding hydrogens is 140 g/mol. The lowest BCUT2D eigenvalue weighted by Gasteiger charge is -2.07. The zero-order valence-electron chi connectivity index (χ0n) is 7.72. The third-order valence-electron chi connectivity index (χ3n) is 1.63. The Labute approximate surface area is 68.9 Å². The quantitative estimate of drug-likeness (QED) is 0.548. The van der Waals surface area contributed by atoms with Crippen LogP contribution < -0.4 is 0 Å². The average Bonchev–Trinajstić information content (AvgIpc) is 2.43. The van der Waals surface area contributed by atoms with E-state index in [1.54, 1.807) is 0 Å². The van der Waals surface area contributed by atoms with Crippen LogP contribution in [0, 0.1) is 0 Å². The number of esters is 1. The van der Waals surface area contributed by atoms with Gasteiger partial charge in [0.1, 0.15) is 6.10 Å². The summed E-state index contributed by atoms with van der Waals surface area (Å²) in [5.74, 6) is -0.137. The molecule has 1 fully saturated rings. The second-order valence-corrected chi connectivity index (χ2v) is 2.52. The van der Waals surface area contributed by atoms with Crippen LogP contribution in [0.2, 0.25) is 0 Å². The molecule has 11 heavy (non-hydrogen) atoms. The molecule has 1 saturated carbocycles. The molecule has 0 radical (unpaired) electrons. The van der Waals surface area contributed by atoms with Crippen molar-refractivity contribution in [2.75, 3.05) is 0 Å². The van der Waals surface area contributed by atoms with E-state index in [-0.39, 0.29) is 12.1 Å². The summed E-state index contributed by atoms with van der Waals surface area (Å²) in [5.41, 5.74) is 0. The average molecular weight is 158 g/mol. The minimum Gasteiger partial charge on any atom is -0.463 e. The molecule has 0 N–H and O–H groups in total. The largest absolute Gasteiger partial charge is 0.463 e. The molecule has 0 unspecified atom stereocenters. The van der Waals surface area contributed by atoms with Gasteiger partial charge in [0, 0.05) is 6.92 Å². The van der Waals surface area contributed by atoms with Crippen LogP contribution in [0.3, 0.4) is 0 Å². The Bertz CT molecular complexity index is 104. The highest BCUT2D eigenvalue weighted by atomic mass is 16.5. The van der Waals surface area contributed by atoms with Crippen molar-refractivity contribution in [3.05, 3.63) is 0 Å². The van der Waals surface area contributed by atoms with Gasteiger partial charge in [0.2, 0.25) is 0 Å². The smallest absolute Gasteiger partial charge is 0.302 e. The molecule has 0 aromatic rings. The van der Waals surface area contributed by atoms with Gasteiger partial charge in [-0.1, -0.05) is 13.8 Å². The van der Waals surface area contributed by atoms with E-state index in [0.29, 0.717) is 0 Å². The summed E-state index contributed by atoms with van der Waals surface area (Å²) in [5, 5.41) is 0. The Morgan fingerprint density at radius 1 is 1.27 bits per heavy atom. The van der Waals surface area contributed by atoms with Gasteiger partial charge in [0.05, 0.1) is 0 Å². The molecule has 0 bridgehead atoms. The number of carbonyl (C=O) groups excluding carboxylic acids is 1. The van der Waals surface area contributed by atoms with E-state index in [1.165, 1.54) is 19.8 Å². The van der Waals surface area contributed by atoms with Gasteiger partial charge in [-0.05, 0) is 25.7 Å². The Kier molecular flexibility index (Phi) is 5.90. The molecular formula is C9H18O2. The molecule has 0 heterocycles. The number of ether oxygens (including phenoxy) is 1. The number of hydrogen-bond acceptors (Lipinski definition) is 2.